The molecule has 0 radical (unpaired) electrons. The summed E-state index contributed by atoms with van der Waals surface area (Å²) >= 11 is 0. The van der Waals surface area contributed by atoms with Crippen molar-refractivity contribution in [2.75, 3.05) is 6.61 Å². The molecule has 0 aromatic rings. The van der Waals surface area contributed by atoms with E-state index in [0.29, 0.717) is 41.7 Å². The highest BCUT2D eigenvalue weighted by atomic mass is 16.7. The summed E-state index contributed by atoms with van der Waals surface area (Å²) in [6, 6.07) is 0.296. The molecule has 6 rings (SSSR count). The van der Waals surface area contributed by atoms with Gasteiger partial charge in [0.05, 0.1) is 20.2 Å². The van der Waals surface area contributed by atoms with Crippen LogP contribution in [-0.4, -0.2) is 29.7 Å². The average Bonchev–Trinajstić information content (AvgIpc) is 3.19. The summed E-state index contributed by atoms with van der Waals surface area (Å²) in [7, 11) is 0. The maximum absolute atomic E-state index is 10.6. The van der Waals surface area contributed by atoms with Gasteiger partial charge in [0.2, 0.25) is 0 Å². The van der Waals surface area contributed by atoms with Crippen molar-refractivity contribution in [2.24, 2.45) is 46.3 Å². The van der Waals surface area contributed by atoms with E-state index in [9.17, 15) is 5.11 Å². The van der Waals surface area contributed by atoms with E-state index in [0.717, 1.165) is 38.7 Å². The Morgan fingerprint density at radius 1 is 1.17 bits per heavy atom. The number of hydrogen-bond donors (Lipinski definition) is 1. The summed E-state index contributed by atoms with van der Waals surface area (Å²) in [6.07, 6.45) is -0.227. The Bertz CT molecular complexity index is 943. The predicted molar refractivity (Wildman–Crippen MR) is 118 cm³/mol. The molecule has 168 valence electrons. The van der Waals surface area contributed by atoms with Crippen LogP contribution in [0.2, 0.25) is 0 Å². The van der Waals surface area contributed by atoms with Gasteiger partial charge in [-0.2, -0.15) is 0 Å². The normalized spacial score (nSPS) is 66.0. The first-order valence-electron chi connectivity index (χ1n) is 14.9. The van der Waals surface area contributed by atoms with Crippen molar-refractivity contribution in [3.05, 3.63) is 11.6 Å². The quantitative estimate of drug-likeness (QED) is 0.511. The number of hydrogen-bond acceptors (Lipinski definition) is 3. The van der Waals surface area contributed by atoms with E-state index in [4.69, 9.17) is 16.3 Å². The van der Waals surface area contributed by atoms with Crippen LogP contribution < -0.4 is 0 Å². The van der Waals surface area contributed by atoms with Crippen LogP contribution in [-0.2, 0) is 9.47 Å². The molecule has 30 heavy (non-hydrogen) atoms. The second-order valence-electron chi connectivity index (χ2n) is 12.0. The molecular formula is C27H42O3. The molecule has 11 atom stereocenters. The lowest BCUT2D eigenvalue weighted by atomic mass is 9.47. The molecule has 4 aliphatic carbocycles. The van der Waals surface area contributed by atoms with Crippen molar-refractivity contribution in [1.29, 1.82) is 0 Å². The van der Waals surface area contributed by atoms with E-state index in [2.05, 4.69) is 20.8 Å². The van der Waals surface area contributed by atoms with E-state index >= 15 is 0 Å². The molecule has 0 amide bonds. The highest BCUT2D eigenvalue weighted by Gasteiger charge is 2.68. The van der Waals surface area contributed by atoms with Gasteiger partial charge in [-0.3, -0.25) is 0 Å². The molecule has 0 bridgehead atoms. The zero-order chi connectivity index (χ0) is 25.3. The van der Waals surface area contributed by atoms with Crippen LogP contribution in [0.3, 0.4) is 0 Å². The minimum atomic E-state index is -2.22. The Morgan fingerprint density at radius 3 is 2.77 bits per heavy atom. The third kappa shape index (κ3) is 2.55. The van der Waals surface area contributed by atoms with Gasteiger partial charge in [-0.1, -0.05) is 39.3 Å². The number of aliphatic hydroxyl groups is 1. The first-order chi connectivity index (χ1) is 16.2. The fourth-order valence-corrected chi connectivity index (χ4v) is 8.92. The molecule has 1 spiro atoms. The van der Waals surface area contributed by atoms with Gasteiger partial charge in [-0.15, -0.1) is 0 Å². The van der Waals surface area contributed by atoms with Gasteiger partial charge in [-0.25, -0.2) is 0 Å². The average molecular weight is 420 g/mol. The summed E-state index contributed by atoms with van der Waals surface area (Å²) < 4.78 is 56.6. The predicted octanol–water partition coefficient (Wildman–Crippen LogP) is 5.71. The molecule has 1 N–H and O–H groups in total. The van der Waals surface area contributed by atoms with Gasteiger partial charge in [-0.05, 0) is 91.7 Å². The monoisotopic (exact) mass is 419 g/mol. The van der Waals surface area contributed by atoms with Crippen molar-refractivity contribution < 1.29 is 21.4 Å². The van der Waals surface area contributed by atoms with Crippen molar-refractivity contribution >= 4 is 0 Å². The maximum atomic E-state index is 10.6. The Hall–Kier alpha value is -0.380. The van der Waals surface area contributed by atoms with Crippen molar-refractivity contribution in [1.82, 2.24) is 0 Å². The molecule has 3 nitrogen and oxygen atoms in total. The highest BCUT2D eigenvalue weighted by molar-refractivity contribution is 5.26. The molecule has 0 aromatic carbocycles. The number of aliphatic hydroxyl groups excluding tert-OH is 1. The number of rotatable bonds is 0. The number of fused-ring (bicyclic) bond motifs is 7. The Kier molecular flexibility index (Phi) is 3.39. The zero-order valence-corrected chi connectivity index (χ0v) is 19.0. The maximum Gasteiger partial charge on any atom is 0.171 e. The number of ether oxygens (including phenoxy) is 2. The largest absolute Gasteiger partial charge is 0.393 e. The van der Waals surface area contributed by atoms with E-state index in [1.165, 1.54) is 0 Å². The minimum Gasteiger partial charge on any atom is -0.393 e. The molecular weight excluding hydrogens is 372 g/mol. The number of allylic oxidation sites excluding steroid dienone is 1. The minimum absolute atomic E-state index is 0.0812. The van der Waals surface area contributed by atoms with Gasteiger partial charge in [0, 0.05) is 17.8 Å². The Balaban J connectivity index is 1.35. The van der Waals surface area contributed by atoms with Crippen LogP contribution in [0.5, 0.6) is 0 Å². The summed E-state index contributed by atoms with van der Waals surface area (Å²) in [4.78, 5) is 0. The van der Waals surface area contributed by atoms with E-state index < -0.39 is 30.1 Å². The van der Waals surface area contributed by atoms with Gasteiger partial charge in [0.15, 0.2) is 5.79 Å². The SMILES string of the molecule is [2H]C1=C2C([2H])([2H])[C@@H](O)C([2H])([2H])C[C@]2(C)[C@H]2CC[C@]3(C)[C@@H]4[C@H](C[C@H]3[C@@H]2C1)O[C@]1(CC[C@@H](C)CO1)[C@H]4C. The summed E-state index contributed by atoms with van der Waals surface area (Å²) in [5.74, 6) is 1.58. The first-order valence-corrected chi connectivity index (χ1v) is 12.4. The highest BCUT2D eigenvalue weighted by Crippen LogP contribution is 2.70. The van der Waals surface area contributed by atoms with E-state index in [1.807, 2.05) is 6.92 Å². The first kappa shape index (κ1) is 15.5. The summed E-state index contributed by atoms with van der Waals surface area (Å²) in [5.41, 5.74) is -0.299. The molecule has 2 heterocycles. The van der Waals surface area contributed by atoms with Crippen LogP contribution in [0.25, 0.3) is 0 Å². The fraction of sp³-hybridized carbons (Fsp3) is 0.926. The second kappa shape index (κ2) is 6.58. The van der Waals surface area contributed by atoms with Crippen molar-refractivity contribution in [3.8, 4) is 0 Å². The van der Waals surface area contributed by atoms with Gasteiger partial charge >= 0.3 is 0 Å². The molecule has 2 aliphatic heterocycles. The molecule has 0 unspecified atom stereocenters. The van der Waals surface area contributed by atoms with Crippen LogP contribution in [0, 0.1) is 46.3 Å². The van der Waals surface area contributed by atoms with Crippen molar-refractivity contribution in [2.45, 2.75) is 103 Å². The Morgan fingerprint density at radius 2 is 2.00 bits per heavy atom. The van der Waals surface area contributed by atoms with Crippen LogP contribution in [0.1, 0.15) is 92.2 Å². The summed E-state index contributed by atoms with van der Waals surface area (Å²) in [6.45, 7) is 9.74. The van der Waals surface area contributed by atoms with E-state index in [1.54, 1.807) is 0 Å². The van der Waals surface area contributed by atoms with Crippen LogP contribution in [0.4, 0.5) is 0 Å². The summed E-state index contributed by atoms with van der Waals surface area (Å²) in [5, 5.41) is 10.6. The standard InChI is InChI=1S/C27H42O3/c1-16-7-12-27(29-15-16)17(2)24-23(30-27)14-22-20-6-5-18-13-19(28)8-10-25(18,3)21(20)9-11-26(22,24)4/h5,16-17,19-24,28H,6-15H2,1-4H3/t16-,17+,19+,20-,21+,22+,23+,24+,25+,26+,27-/m1/s1/i5D,8D2,13D2. The lowest BCUT2D eigenvalue weighted by Gasteiger charge is -2.58. The Labute approximate surface area is 190 Å². The smallest absolute Gasteiger partial charge is 0.171 e. The molecule has 2 saturated heterocycles. The second-order valence-corrected chi connectivity index (χ2v) is 12.0. The fourth-order valence-electron chi connectivity index (χ4n) is 8.92. The topological polar surface area (TPSA) is 38.7 Å². The van der Waals surface area contributed by atoms with Crippen molar-refractivity contribution in [3.63, 3.8) is 0 Å². The molecule has 0 aromatic heterocycles. The van der Waals surface area contributed by atoms with E-state index in [-0.39, 0.29) is 29.8 Å². The third-order valence-corrected chi connectivity index (χ3v) is 10.6. The lowest BCUT2D eigenvalue weighted by Crippen LogP contribution is -2.52. The van der Waals surface area contributed by atoms with Gasteiger partial charge in [0.25, 0.3) is 0 Å². The third-order valence-electron chi connectivity index (χ3n) is 10.6. The zero-order valence-electron chi connectivity index (χ0n) is 24.0. The molecule has 5 fully saturated rings. The van der Waals surface area contributed by atoms with Gasteiger partial charge in [0.1, 0.15) is 0 Å². The van der Waals surface area contributed by atoms with Crippen LogP contribution in [0.15, 0.2) is 11.6 Å². The lowest BCUT2D eigenvalue weighted by molar-refractivity contribution is -0.272. The van der Waals surface area contributed by atoms with Gasteiger partial charge < -0.3 is 14.6 Å². The molecule has 3 saturated carbocycles. The van der Waals surface area contributed by atoms with Crippen LogP contribution >= 0.6 is 0 Å². The molecule has 6 aliphatic rings. The molecule has 3 heteroatoms.